The Morgan fingerprint density at radius 1 is 1.17 bits per heavy atom. The first-order valence-corrected chi connectivity index (χ1v) is 7.21. The van der Waals surface area contributed by atoms with Crippen LogP contribution in [0.5, 0.6) is 0 Å². The summed E-state index contributed by atoms with van der Waals surface area (Å²) in [7, 11) is 0. The molecule has 0 spiro atoms. The first kappa shape index (κ1) is 14.8. The molecule has 3 rings (SSSR count). The number of benzene rings is 1. The van der Waals surface area contributed by atoms with Gasteiger partial charge < -0.3 is 9.09 Å². The van der Waals surface area contributed by atoms with Crippen LogP contribution in [0.25, 0.3) is 11.1 Å². The van der Waals surface area contributed by atoms with Crippen molar-refractivity contribution in [2.24, 2.45) is 0 Å². The minimum atomic E-state index is -0.0788. The Bertz CT molecular complexity index is 924. The van der Waals surface area contributed by atoms with Crippen molar-refractivity contribution in [3.63, 3.8) is 0 Å². The molecule has 2 aromatic heterocycles. The summed E-state index contributed by atoms with van der Waals surface area (Å²) >= 11 is 0. The quantitative estimate of drug-likeness (QED) is 0.745. The standard InChI is InChI=1S/C18H15N3O2/c1-12-18(13(2)23-20-12)16-7-8-17(22)21(11-16)10-15-5-3-14(9-19)4-6-15/h3-8,11H,10H2,1-2H3. The Kier molecular flexibility index (Phi) is 3.82. The Hall–Kier alpha value is -3.13. The van der Waals surface area contributed by atoms with Gasteiger partial charge in [0.1, 0.15) is 5.76 Å². The predicted octanol–water partition coefficient (Wildman–Crippen LogP) is 3.04. The second-order valence-electron chi connectivity index (χ2n) is 5.39. The number of hydrogen-bond donors (Lipinski definition) is 0. The van der Waals surface area contributed by atoms with Gasteiger partial charge in [0.2, 0.25) is 0 Å². The van der Waals surface area contributed by atoms with Gasteiger partial charge in [0.05, 0.1) is 23.9 Å². The van der Waals surface area contributed by atoms with Crippen LogP contribution in [0.3, 0.4) is 0 Å². The summed E-state index contributed by atoms with van der Waals surface area (Å²) in [6, 6.07) is 12.6. The van der Waals surface area contributed by atoms with Gasteiger partial charge in [-0.25, -0.2) is 0 Å². The zero-order chi connectivity index (χ0) is 16.4. The molecule has 0 aliphatic carbocycles. The monoisotopic (exact) mass is 305 g/mol. The van der Waals surface area contributed by atoms with E-state index in [2.05, 4.69) is 11.2 Å². The summed E-state index contributed by atoms with van der Waals surface area (Å²) in [4.78, 5) is 12.1. The normalized spacial score (nSPS) is 10.5. The largest absolute Gasteiger partial charge is 0.361 e. The van der Waals surface area contributed by atoms with Crippen LogP contribution in [0.15, 0.2) is 51.9 Å². The minimum Gasteiger partial charge on any atom is -0.361 e. The van der Waals surface area contributed by atoms with Crippen molar-refractivity contribution in [3.8, 4) is 17.2 Å². The van der Waals surface area contributed by atoms with Crippen LogP contribution in [-0.4, -0.2) is 9.72 Å². The molecule has 0 atom stereocenters. The second kappa shape index (κ2) is 5.93. The maximum atomic E-state index is 12.1. The third-order valence-electron chi connectivity index (χ3n) is 3.74. The number of aromatic nitrogens is 2. The number of rotatable bonds is 3. The molecule has 0 aliphatic heterocycles. The summed E-state index contributed by atoms with van der Waals surface area (Å²) < 4.78 is 6.84. The van der Waals surface area contributed by atoms with E-state index in [0.717, 1.165) is 28.1 Å². The molecular weight excluding hydrogens is 290 g/mol. The zero-order valence-corrected chi connectivity index (χ0v) is 12.9. The van der Waals surface area contributed by atoms with Gasteiger partial charge in [-0.3, -0.25) is 4.79 Å². The lowest BCUT2D eigenvalue weighted by Gasteiger charge is -2.08. The average molecular weight is 305 g/mol. The minimum absolute atomic E-state index is 0.0788. The molecule has 23 heavy (non-hydrogen) atoms. The van der Waals surface area contributed by atoms with Crippen molar-refractivity contribution in [2.45, 2.75) is 20.4 Å². The first-order chi connectivity index (χ1) is 11.1. The van der Waals surface area contributed by atoms with Crippen molar-refractivity contribution < 1.29 is 4.52 Å². The maximum Gasteiger partial charge on any atom is 0.250 e. The Morgan fingerprint density at radius 3 is 2.52 bits per heavy atom. The molecular formula is C18H15N3O2. The van der Waals surface area contributed by atoms with Gasteiger partial charge in [-0.1, -0.05) is 17.3 Å². The van der Waals surface area contributed by atoms with Crippen LogP contribution in [0.4, 0.5) is 0 Å². The second-order valence-corrected chi connectivity index (χ2v) is 5.39. The van der Waals surface area contributed by atoms with E-state index in [4.69, 9.17) is 9.78 Å². The molecule has 0 unspecified atom stereocenters. The number of nitriles is 1. The van der Waals surface area contributed by atoms with E-state index in [1.54, 1.807) is 28.8 Å². The van der Waals surface area contributed by atoms with Crippen molar-refractivity contribution in [3.05, 3.63) is 75.5 Å². The third kappa shape index (κ3) is 2.92. The highest BCUT2D eigenvalue weighted by Gasteiger charge is 2.12. The SMILES string of the molecule is Cc1noc(C)c1-c1ccc(=O)n(Cc2ccc(C#N)cc2)c1. The molecule has 2 heterocycles. The van der Waals surface area contributed by atoms with E-state index in [1.807, 2.05) is 32.2 Å². The lowest BCUT2D eigenvalue weighted by atomic mass is 10.1. The lowest BCUT2D eigenvalue weighted by molar-refractivity contribution is 0.393. The molecule has 0 aliphatic rings. The number of nitrogens with zero attached hydrogens (tertiary/aromatic N) is 3. The first-order valence-electron chi connectivity index (χ1n) is 7.21. The van der Waals surface area contributed by atoms with E-state index in [9.17, 15) is 4.79 Å². The van der Waals surface area contributed by atoms with Gasteiger partial charge in [-0.15, -0.1) is 0 Å². The fraction of sp³-hybridized carbons (Fsp3) is 0.167. The third-order valence-corrected chi connectivity index (χ3v) is 3.74. The maximum absolute atomic E-state index is 12.1. The molecule has 0 fully saturated rings. The van der Waals surface area contributed by atoms with E-state index >= 15 is 0 Å². The number of pyridine rings is 1. The molecule has 0 N–H and O–H groups in total. The van der Waals surface area contributed by atoms with Gasteiger partial charge in [0.15, 0.2) is 0 Å². The summed E-state index contributed by atoms with van der Waals surface area (Å²) in [6.45, 7) is 4.18. The van der Waals surface area contributed by atoms with Crippen LogP contribution in [0.2, 0.25) is 0 Å². The summed E-state index contributed by atoms with van der Waals surface area (Å²) in [5.74, 6) is 0.728. The van der Waals surface area contributed by atoms with E-state index in [1.165, 1.54) is 0 Å². The predicted molar refractivity (Wildman–Crippen MR) is 85.9 cm³/mol. The van der Waals surface area contributed by atoms with E-state index < -0.39 is 0 Å². The van der Waals surface area contributed by atoms with Crippen molar-refractivity contribution in [1.82, 2.24) is 9.72 Å². The highest BCUT2D eigenvalue weighted by Crippen LogP contribution is 2.25. The molecule has 0 amide bonds. The molecule has 1 aromatic carbocycles. The van der Waals surface area contributed by atoms with Gasteiger partial charge >= 0.3 is 0 Å². The van der Waals surface area contributed by atoms with Gasteiger partial charge in [0, 0.05) is 23.4 Å². The lowest BCUT2D eigenvalue weighted by Crippen LogP contribution is -2.19. The fourth-order valence-corrected chi connectivity index (χ4v) is 2.58. The molecule has 0 saturated carbocycles. The average Bonchev–Trinajstić information content (AvgIpc) is 2.89. The molecule has 5 nitrogen and oxygen atoms in total. The molecule has 0 saturated heterocycles. The molecule has 3 aromatic rings. The van der Waals surface area contributed by atoms with E-state index in [0.29, 0.717) is 12.1 Å². The summed E-state index contributed by atoms with van der Waals surface area (Å²) in [5.41, 5.74) is 4.09. The smallest absolute Gasteiger partial charge is 0.250 e. The Balaban J connectivity index is 1.98. The van der Waals surface area contributed by atoms with Crippen molar-refractivity contribution >= 4 is 0 Å². The van der Waals surface area contributed by atoms with Crippen LogP contribution in [0, 0.1) is 25.2 Å². The number of hydrogen-bond acceptors (Lipinski definition) is 4. The highest BCUT2D eigenvalue weighted by atomic mass is 16.5. The molecule has 0 radical (unpaired) electrons. The Morgan fingerprint density at radius 2 is 1.91 bits per heavy atom. The zero-order valence-electron chi connectivity index (χ0n) is 12.9. The van der Waals surface area contributed by atoms with Gasteiger partial charge in [0.25, 0.3) is 5.56 Å². The van der Waals surface area contributed by atoms with Crippen molar-refractivity contribution in [1.29, 1.82) is 5.26 Å². The fourth-order valence-electron chi connectivity index (χ4n) is 2.58. The molecule has 114 valence electrons. The molecule has 5 heteroatoms. The van der Waals surface area contributed by atoms with Gasteiger partial charge in [-0.05, 0) is 37.6 Å². The van der Waals surface area contributed by atoms with Crippen LogP contribution >= 0.6 is 0 Å². The Labute approximate surface area is 133 Å². The molecule has 0 bridgehead atoms. The van der Waals surface area contributed by atoms with Crippen LogP contribution in [0.1, 0.15) is 22.6 Å². The van der Waals surface area contributed by atoms with Crippen LogP contribution < -0.4 is 5.56 Å². The van der Waals surface area contributed by atoms with E-state index in [-0.39, 0.29) is 5.56 Å². The van der Waals surface area contributed by atoms with Gasteiger partial charge in [-0.2, -0.15) is 5.26 Å². The summed E-state index contributed by atoms with van der Waals surface area (Å²) in [5, 5.41) is 12.8. The van der Waals surface area contributed by atoms with Crippen LogP contribution in [-0.2, 0) is 6.54 Å². The summed E-state index contributed by atoms with van der Waals surface area (Å²) in [6.07, 6.45) is 1.81. The highest BCUT2D eigenvalue weighted by molar-refractivity contribution is 5.66. The topological polar surface area (TPSA) is 71.8 Å². The number of aryl methyl sites for hydroxylation is 2. The van der Waals surface area contributed by atoms with Crippen molar-refractivity contribution in [2.75, 3.05) is 0 Å².